The van der Waals surface area contributed by atoms with Gasteiger partial charge >= 0.3 is 0 Å². The summed E-state index contributed by atoms with van der Waals surface area (Å²) in [5.74, 6) is 0.652. The molecule has 2 N–H and O–H groups in total. The summed E-state index contributed by atoms with van der Waals surface area (Å²) in [5, 5.41) is 0. The van der Waals surface area contributed by atoms with Gasteiger partial charge < -0.3 is 10.2 Å². The van der Waals surface area contributed by atoms with Crippen LogP contribution in [0.3, 0.4) is 0 Å². The van der Waals surface area contributed by atoms with Gasteiger partial charge in [0.25, 0.3) is 0 Å². The third-order valence-electron chi connectivity index (χ3n) is 3.69. The average molecular weight is 280 g/mol. The summed E-state index contributed by atoms with van der Waals surface area (Å²) in [6.07, 6.45) is 0. The lowest BCUT2D eigenvalue weighted by Gasteiger charge is -2.18. The molecule has 21 heavy (non-hydrogen) atoms. The van der Waals surface area contributed by atoms with E-state index in [0.717, 1.165) is 22.2 Å². The molecule has 108 valence electrons. The van der Waals surface area contributed by atoms with Gasteiger partial charge in [-0.3, -0.25) is 0 Å². The Kier molecular flexibility index (Phi) is 3.30. The van der Waals surface area contributed by atoms with Crippen LogP contribution >= 0.6 is 0 Å². The smallest absolute Gasteiger partial charge is 0.227 e. The molecule has 0 aliphatic carbocycles. The van der Waals surface area contributed by atoms with Crippen LogP contribution in [0.15, 0.2) is 46.9 Å². The normalized spacial score (nSPS) is 12.0. The van der Waals surface area contributed by atoms with Gasteiger partial charge in [-0.15, -0.1) is 0 Å². The second kappa shape index (κ2) is 5.01. The highest BCUT2D eigenvalue weighted by Crippen LogP contribution is 2.29. The molecule has 1 heterocycles. The molecule has 0 atom stereocenters. The summed E-state index contributed by atoms with van der Waals surface area (Å²) in [4.78, 5) is 4.56. The monoisotopic (exact) mass is 280 g/mol. The maximum absolute atomic E-state index is 5.92. The summed E-state index contributed by atoms with van der Waals surface area (Å²) < 4.78 is 5.92. The van der Waals surface area contributed by atoms with Gasteiger partial charge in [0, 0.05) is 12.1 Å². The van der Waals surface area contributed by atoms with E-state index in [1.165, 1.54) is 5.56 Å². The molecule has 3 nitrogen and oxygen atoms in total. The van der Waals surface area contributed by atoms with Crippen molar-refractivity contribution in [3.05, 3.63) is 53.6 Å². The van der Waals surface area contributed by atoms with E-state index in [0.29, 0.717) is 12.4 Å². The minimum absolute atomic E-state index is 0.101. The minimum atomic E-state index is 0.101. The zero-order valence-electron chi connectivity index (χ0n) is 12.7. The fourth-order valence-corrected chi connectivity index (χ4v) is 2.30. The number of benzene rings is 2. The summed E-state index contributed by atoms with van der Waals surface area (Å²) in [6.45, 7) is 7.12. The average Bonchev–Trinajstić information content (AvgIpc) is 2.89. The van der Waals surface area contributed by atoms with Crippen LogP contribution < -0.4 is 5.73 Å². The zero-order chi connectivity index (χ0) is 15.0. The van der Waals surface area contributed by atoms with Crippen molar-refractivity contribution in [2.75, 3.05) is 0 Å². The summed E-state index contributed by atoms with van der Waals surface area (Å²) in [5.41, 5.74) is 10.8. The molecule has 3 heteroatoms. The van der Waals surface area contributed by atoms with Gasteiger partial charge in [0.15, 0.2) is 5.58 Å². The molecule has 0 unspecified atom stereocenters. The van der Waals surface area contributed by atoms with Crippen molar-refractivity contribution in [3.8, 4) is 11.5 Å². The molecule has 0 saturated heterocycles. The van der Waals surface area contributed by atoms with Crippen molar-refractivity contribution >= 4 is 11.1 Å². The number of hydrogen-bond donors (Lipinski definition) is 1. The standard InChI is InChI=1S/C18H20N2O/c1-18(2,3)14-8-9-15-16(10-14)21-17(20-15)13-6-4-12(11-19)5-7-13/h4-10H,11,19H2,1-3H3. The van der Waals surface area contributed by atoms with Crippen LogP contribution in [0, 0.1) is 0 Å². The summed E-state index contributed by atoms with van der Waals surface area (Å²) in [6, 6.07) is 14.2. The fourth-order valence-electron chi connectivity index (χ4n) is 2.30. The van der Waals surface area contributed by atoms with Crippen molar-refractivity contribution < 1.29 is 4.42 Å². The molecule has 3 aromatic rings. The Labute approximate surface area is 124 Å². The van der Waals surface area contributed by atoms with Crippen molar-refractivity contribution in [1.82, 2.24) is 4.98 Å². The highest BCUT2D eigenvalue weighted by atomic mass is 16.3. The number of hydrogen-bond acceptors (Lipinski definition) is 3. The lowest BCUT2D eigenvalue weighted by molar-refractivity contribution is 0.584. The van der Waals surface area contributed by atoms with Crippen LogP contribution in [0.25, 0.3) is 22.6 Å². The van der Waals surface area contributed by atoms with Crippen molar-refractivity contribution in [3.63, 3.8) is 0 Å². The lowest BCUT2D eigenvalue weighted by atomic mass is 9.87. The molecule has 3 rings (SSSR count). The Hall–Kier alpha value is -2.13. The van der Waals surface area contributed by atoms with Gasteiger partial charge in [0.1, 0.15) is 5.52 Å². The molecular formula is C18H20N2O. The van der Waals surface area contributed by atoms with E-state index in [4.69, 9.17) is 10.2 Å². The molecule has 1 aromatic heterocycles. The predicted molar refractivity (Wildman–Crippen MR) is 86.0 cm³/mol. The Morgan fingerprint density at radius 2 is 1.76 bits per heavy atom. The van der Waals surface area contributed by atoms with E-state index in [2.05, 4.69) is 37.9 Å². The third-order valence-corrected chi connectivity index (χ3v) is 3.69. The van der Waals surface area contributed by atoms with E-state index in [9.17, 15) is 0 Å². The highest BCUT2D eigenvalue weighted by molar-refractivity contribution is 5.77. The number of nitrogens with zero attached hydrogens (tertiary/aromatic N) is 1. The SMILES string of the molecule is CC(C)(C)c1ccc2nc(-c3ccc(CN)cc3)oc2c1. The molecule has 2 aromatic carbocycles. The van der Waals surface area contributed by atoms with Gasteiger partial charge in [-0.2, -0.15) is 0 Å². The number of nitrogens with two attached hydrogens (primary N) is 1. The second-order valence-corrected chi connectivity index (χ2v) is 6.35. The van der Waals surface area contributed by atoms with Gasteiger partial charge in [-0.25, -0.2) is 4.98 Å². The van der Waals surface area contributed by atoms with Gasteiger partial charge in [-0.05, 0) is 40.8 Å². The Balaban J connectivity index is 2.04. The number of aromatic nitrogens is 1. The van der Waals surface area contributed by atoms with E-state index in [1.54, 1.807) is 0 Å². The Bertz CT molecular complexity index is 764. The van der Waals surface area contributed by atoms with E-state index < -0.39 is 0 Å². The van der Waals surface area contributed by atoms with Crippen LogP contribution in [0.4, 0.5) is 0 Å². The van der Waals surface area contributed by atoms with Gasteiger partial charge in [0.2, 0.25) is 5.89 Å². The van der Waals surface area contributed by atoms with Gasteiger partial charge in [0.05, 0.1) is 0 Å². The Morgan fingerprint density at radius 3 is 2.38 bits per heavy atom. The Morgan fingerprint density at radius 1 is 1.05 bits per heavy atom. The first-order valence-electron chi connectivity index (χ1n) is 7.18. The topological polar surface area (TPSA) is 52.0 Å². The van der Waals surface area contributed by atoms with Crippen molar-refractivity contribution in [1.29, 1.82) is 0 Å². The maximum atomic E-state index is 5.92. The zero-order valence-corrected chi connectivity index (χ0v) is 12.7. The minimum Gasteiger partial charge on any atom is -0.436 e. The third kappa shape index (κ3) is 2.69. The second-order valence-electron chi connectivity index (χ2n) is 6.35. The first kappa shape index (κ1) is 13.8. The summed E-state index contributed by atoms with van der Waals surface area (Å²) >= 11 is 0. The molecule has 0 aliphatic heterocycles. The predicted octanol–water partition coefficient (Wildman–Crippen LogP) is 4.25. The maximum Gasteiger partial charge on any atom is 0.227 e. The van der Waals surface area contributed by atoms with Crippen LogP contribution in [-0.2, 0) is 12.0 Å². The molecule has 0 fully saturated rings. The van der Waals surface area contributed by atoms with Crippen molar-refractivity contribution in [2.24, 2.45) is 5.73 Å². The number of fused-ring (bicyclic) bond motifs is 1. The first-order valence-corrected chi connectivity index (χ1v) is 7.18. The fraction of sp³-hybridized carbons (Fsp3) is 0.278. The first-order chi connectivity index (χ1) is 9.97. The van der Waals surface area contributed by atoms with E-state index in [-0.39, 0.29) is 5.41 Å². The quantitative estimate of drug-likeness (QED) is 0.763. The molecule has 0 bridgehead atoms. The van der Waals surface area contributed by atoms with Crippen molar-refractivity contribution in [2.45, 2.75) is 32.7 Å². The van der Waals surface area contributed by atoms with Gasteiger partial charge in [-0.1, -0.05) is 39.0 Å². The number of rotatable bonds is 2. The van der Waals surface area contributed by atoms with E-state index in [1.807, 2.05) is 30.3 Å². The van der Waals surface area contributed by atoms with Crippen LogP contribution in [-0.4, -0.2) is 4.98 Å². The van der Waals surface area contributed by atoms with Crippen LogP contribution in [0.1, 0.15) is 31.9 Å². The molecule has 0 saturated carbocycles. The molecular weight excluding hydrogens is 260 g/mol. The molecule has 0 amide bonds. The molecule has 0 aliphatic rings. The lowest BCUT2D eigenvalue weighted by Crippen LogP contribution is -2.10. The molecule has 0 radical (unpaired) electrons. The molecule has 0 spiro atoms. The number of oxazole rings is 1. The highest BCUT2D eigenvalue weighted by Gasteiger charge is 2.16. The van der Waals surface area contributed by atoms with E-state index >= 15 is 0 Å². The van der Waals surface area contributed by atoms with Crippen LogP contribution in [0.2, 0.25) is 0 Å². The largest absolute Gasteiger partial charge is 0.436 e. The summed E-state index contributed by atoms with van der Waals surface area (Å²) in [7, 11) is 0. The van der Waals surface area contributed by atoms with Crippen LogP contribution in [0.5, 0.6) is 0 Å².